The van der Waals surface area contributed by atoms with Crippen molar-refractivity contribution in [2.24, 2.45) is 0 Å². The van der Waals surface area contributed by atoms with Gasteiger partial charge < -0.3 is 10.0 Å². The summed E-state index contributed by atoms with van der Waals surface area (Å²) >= 11 is 5.99. The van der Waals surface area contributed by atoms with Gasteiger partial charge in [-0.2, -0.15) is 0 Å². The van der Waals surface area contributed by atoms with Crippen molar-refractivity contribution >= 4 is 11.6 Å². The molecular weight excluding hydrogens is 368 g/mol. The third-order valence-corrected chi connectivity index (χ3v) is 5.76. The molecule has 3 nitrogen and oxygen atoms in total. The van der Waals surface area contributed by atoms with Crippen molar-refractivity contribution in [3.05, 3.63) is 70.7 Å². The van der Waals surface area contributed by atoms with E-state index in [1.165, 1.54) is 12.0 Å². The summed E-state index contributed by atoms with van der Waals surface area (Å²) in [7, 11) is 0. The zero-order valence-corrected chi connectivity index (χ0v) is 18.3. The van der Waals surface area contributed by atoms with Crippen molar-refractivity contribution in [3.63, 3.8) is 0 Å². The van der Waals surface area contributed by atoms with Gasteiger partial charge in [0, 0.05) is 24.2 Å². The van der Waals surface area contributed by atoms with Crippen LogP contribution in [0.25, 0.3) is 0 Å². The predicted molar refractivity (Wildman–Crippen MR) is 120 cm³/mol. The van der Waals surface area contributed by atoms with Gasteiger partial charge >= 0.3 is 0 Å². The van der Waals surface area contributed by atoms with Crippen LogP contribution >= 0.6 is 11.6 Å². The van der Waals surface area contributed by atoms with E-state index < -0.39 is 6.10 Å². The smallest absolute Gasteiger partial charge is 0.0917 e. The van der Waals surface area contributed by atoms with Crippen LogP contribution in [0, 0.1) is 0 Å². The highest BCUT2D eigenvalue weighted by atomic mass is 35.5. The number of rotatable bonds is 12. The summed E-state index contributed by atoms with van der Waals surface area (Å²) in [6.07, 6.45) is 1.77. The summed E-state index contributed by atoms with van der Waals surface area (Å²) in [5.41, 5.74) is 2.19. The molecule has 0 aliphatic rings. The van der Waals surface area contributed by atoms with Gasteiger partial charge in [0.2, 0.25) is 0 Å². The molecule has 0 aliphatic heterocycles. The van der Waals surface area contributed by atoms with Crippen LogP contribution in [0.15, 0.2) is 54.6 Å². The molecule has 154 valence electrons. The van der Waals surface area contributed by atoms with Crippen LogP contribution in [0.3, 0.4) is 0 Å². The Labute approximate surface area is 175 Å². The Bertz CT molecular complexity index is 658. The number of aliphatic hydroxyl groups excluding tert-OH is 1. The molecule has 0 aliphatic carbocycles. The van der Waals surface area contributed by atoms with Gasteiger partial charge in [-0.15, -0.1) is 0 Å². The second-order valence-electron chi connectivity index (χ2n) is 7.50. The molecule has 0 radical (unpaired) electrons. The molecule has 2 atom stereocenters. The molecule has 28 heavy (non-hydrogen) atoms. The molecule has 1 N–H and O–H groups in total. The van der Waals surface area contributed by atoms with Crippen molar-refractivity contribution in [2.45, 2.75) is 52.3 Å². The summed E-state index contributed by atoms with van der Waals surface area (Å²) in [5.74, 6) is 0. The minimum atomic E-state index is -0.522. The number of hydrogen-bond donors (Lipinski definition) is 1. The maximum absolute atomic E-state index is 10.8. The van der Waals surface area contributed by atoms with Crippen LogP contribution in [-0.2, 0) is 6.54 Å². The summed E-state index contributed by atoms with van der Waals surface area (Å²) in [4.78, 5) is 4.87. The molecule has 0 aromatic heterocycles. The molecule has 0 spiro atoms. The average Bonchev–Trinajstić information content (AvgIpc) is 2.71. The third-order valence-electron chi connectivity index (χ3n) is 5.50. The van der Waals surface area contributed by atoms with Crippen LogP contribution < -0.4 is 0 Å². The Kier molecular flexibility index (Phi) is 10.0. The molecule has 4 heteroatoms. The highest BCUT2D eigenvalue weighted by molar-refractivity contribution is 6.30. The fraction of sp³-hybridized carbons (Fsp3) is 0.500. The Balaban J connectivity index is 2.02. The van der Waals surface area contributed by atoms with Crippen molar-refractivity contribution in [1.29, 1.82) is 0 Å². The number of halogens is 1. The van der Waals surface area contributed by atoms with E-state index in [1.807, 2.05) is 30.3 Å². The largest absolute Gasteiger partial charge is 0.387 e. The Hall–Kier alpha value is -1.39. The molecule has 2 aromatic carbocycles. The molecule has 0 unspecified atom stereocenters. The molecule has 0 amide bonds. The van der Waals surface area contributed by atoms with E-state index in [2.05, 4.69) is 54.8 Å². The Morgan fingerprint density at radius 2 is 1.61 bits per heavy atom. The summed E-state index contributed by atoms with van der Waals surface area (Å²) < 4.78 is 0. The summed E-state index contributed by atoms with van der Waals surface area (Å²) in [6.45, 7) is 11.5. The average molecular weight is 403 g/mol. The van der Waals surface area contributed by atoms with E-state index in [-0.39, 0.29) is 0 Å². The quantitative estimate of drug-likeness (QED) is 0.515. The lowest BCUT2D eigenvalue weighted by Gasteiger charge is -2.32. The van der Waals surface area contributed by atoms with Gasteiger partial charge in [0.25, 0.3) is 0 Å². The first kappa shape index (κ1) is 22.9. The monoisotopic (exact) mass is 402 g/mol. The molecule has 2 aromatic rings. The van der Waals surface area contributed by atoms with Gasteiger partial charge in [-0.25, -0.2) is 0 Å². The third kappa shape index (κ3) is 7.56. The molecule has 0 bridgehead atoms. The molecule has 0 saturated carbocycles. The lowest BCUT2D eigenvalue weighted by Crippen LogP contribution is -2.36. The van der Waals surface area contributed by atoms with Crippen molar-refractivity contribution in [2.75, 3.05) is 26.2 Å². The molecular formula is C24H35ClN2O. The number of hydrogen-bond acceptors (Lipinski definition) is 3. The minimum absolute atomic E-state index is 0.401. The number of aliphatic hydroxyl groups is 1. The summed E-state index contributed by atoms with van der Waals surface area (Å²) in [5, 5.41) is 11.5. The number of benzene rings is 2. The Morgan fingerprint density at radius 3 is 2.21 bits per heavy atom. The van der Waals surface area contributed by atoms with Crippen LogP contribution in [-0.4, -0.2) is 47.1 Å². The maximum atomic E-state index is 10.8. The van der Waals surface area contributed by atoms with Crippen molar-refractivity contribution < 1.29 is 5.11 Å². The van der Waals surface area contributed by atoms with Gasteiger partial charge in [-0.05, 0) is 62.7 Å². The molecule has 0 saturated heterocycles. The van der Waals surface area contributed by atoms with E-state index in [1.54, 1.807) is 0 Å². The lowest BCUT2D eigenvalue weighted by atomic mass is 10.1. The van der Waals surface area contributed by atoms with Crippen molar-refractivity contribution in [3.8, 4) is 0 Å². The fourth-order valence-corrected chi connectivity index (χ4v) is 3.69. The molecule has 0 fully saturated rings. The first-order chi connectivity index (χ1) is 13.5. The van der Waals surface area contributed by atoms with Gasteiger partial charge in [0.1, 0.15) is 0 Å². The predicted octanol–water partition coefficient (Wildman–Crippen LogP) is 5.39. The van der Waals surface area contributed by atoms with Crippen LogP contribution in [0.1, 0.15) is 50.8 Å². The SMILES string of the molecule is CCN(CC)CCC[C@H](C)N(Cc1ccccc1)C[C@H](O)c1ccc(Cl)cc1. The fourth-order valence-electron chi connectivity index (χ4n) is 3.56. The Morgan fingerprint density at radius 1 is 0.964 bits per heavy atom. The first-order valence-corrected chi connectivity index (χ1v) is 10.8. The minimum Gasteiger partial charge on any atom is -0.387 e. The van der Waals surface area contributed by atoms with Crippen LogP contribution in [0.5, 0.6) is 0 Å². The van der Waals surface area contributed by atoms with E-state index in [0.717, 1.165) is 38.2 Å². The first-order valence-electron chi connectivity index (χ1n) is 10.5. The van der Waals surface area contributed by atoms with Gasteiger partial charge in [-0.1, -0.05) is 67.9 Å². The van der Waals surface area contributed by atoms with E-state index >= 15 is 0 Å². The second kappa shape index (κ2) is 12.2. The van der Waals surface area contributed by atoms with Crippen molar-refractivity contribution in [1.82, 2.24) is 9.80 Å². The topological polar surface area (TPSA) is 26.7 Å². The van der Waals surface area contributed by atoms with Gasteiger partial charge in [-0.3, -0.25) is 4.90 Å². The number of nitrogens with zero attached hydrogens (tertiary/aromatic N) is 2. The summed E-state index contributed by atoms with van der Waals surface area (Å²) in [6, 6.07) is 18.4. The molecule has 0 heterocycles. The standard InChI is InChI=1S/C24H35ClN2O/c1-4-26(5-2)17-9-10-20(3)27(18-21-11-7-6-8-12-21)19-24(28)22-13-15-23(25)16-14-22/h6-8,11-16,20,24,28H,4-5,9-10,17-19H2,1-3H3/t20-,24-/m0/s1. The van der Waals surface area contributed by atoms with E-state index in [0.29, 0.717) is 17.6 Å². The van der Waals surface area contributed by atoms with Crippen LogP contribution in [0.2, 0.25) is 5.02 Å². The second-order valence-corrected chi connectivity index (χ2v) is 7.94. The maximum Gasteiger partial charge on any atom is 0.0917 e. The van der Waals surface area contributed by atoms with E-state index in [9.17, 15) is 5.11 Å². The van der Waals surface area contributed by atoms with E-state index in [4.69, 9.17) is 11.6 Å². The lowest BCUT2D eigenvalue weighted by molar-refractivity contribution is 0.0816. The van der Waals surface area contributed by atoms with Gasteiger partial charge in [0.15, 0.2) is 0 Å². The van der Waals surface area contributed by atoms with Gasteiger partial charge in [0.05, 0.1) is 6.10 Å². The zero-order chi connectivity index (χ0) is 20.4. The normalized spacial score (nSPS) is 13.8. The molecule has 2 rings (SSSR count). The zero-order valence-electron chi connectivity index (χ0n) is 17.5. The highest BCUT2D eigenvalue weighted by Crippen LogP contribution is 2.21. The highest BCUT2D eigenvalue weighted by Gasteiger charge is 2.19. The van der Waals surface area contributed by atoms with Crippen LogP contribution in [0.4, 0.5) is 0 Å².